The fourth-order valence-electron chi connectivity index (χ4n) is 1.90. The van der Waals surface area contributed by atoms with Gasteiger partial charge in [0.25, 0.3) is 5.56 Å². The summed E-state index contributed by atoms with van der Waals surface area (Å²) in [6, 6.07) is 5.10. The number of hydrogen-bond acceptors (Lipinski definition) is 5. The van der Waals surface area contributed by atoms with E-state index in [0.717, 1.165) is 13.0 Å². The number of nitrogen functional groups attached to an aromatic ring is 1. The van der Waals surface area contributed by atoms with Gasteiger partial charge in [-0.1, -0.05) is 13.8 Å². The Morgan fingerprint density at radius 2 is 2.19 bits per heavy atom. The lowest BCUT2D eigenvalue weighted by atomic mass is 10.1. The second kappa shape index (κ2) is 7.08. The van der Waals surface area contributed by atoms with Crippen molar-refractivity contribution in [2.75, 3.05) is 30.8 Å². The fraction of sp³-hybridized carbons (Fsp3) is 0.467. The van der Waals surface area contributed by atoms with Gasteiger partial charge in [0.05, 0.1) is 17.5 Å². The average Bonchev–Trinajstić information content (AvgIpc) is 2.43. The van der Waals surface area contributed by atoms with Crippen LogP contribution in [0.1, 0.15) is 20.3 Å². The molecule has 0 aliphatic rings. The topological polar surface area (TPSA) is 93.0 Å². The van der Waals surface area contributed by atoms with Gasteiger partial charge in [-0.15, -0.1) is 0 Å². The first-order valence-electron chi connectivity index (χ1n) is 7.17. The molecule has 2 aromatic rings. The number of nitrogens with two attached hydrogens (primary N) is 1. The van der Waals surface area contributed by atoms with Crippen LogP contribution in [-0.2, 0) is 4.74 Å². The van der Waals surface area contributed by atoms with Crippen molar-refractivity contribution in [1.29, 1.82) is 0 Å². The van der Waals surface area contributed by atoms with E-state index in [1.807, 2.05) is 0 Å². The number of fused-ring (bicyclic) bond motifs is 1. The molecule has 0 aliphatic heterocycles. The van der Waals surface area contributed by atoms with Crippen LogP contribution in [0.3, 0.4) is 0 Å². The van der Waals surface area contributed by atoms with Gasteiger partial charge in [0.1, 0.15) is 0 Å². The zero-order chi connectivity index (χ0) is 15.2. The lowest BCUT2D eigenvalue weighted by Gasteiger charge is -2.08. The van der Waals surface area contributed by atoms with E-state index < -0.39 is 0 Å². The molecule has 2 rings (SSSR count). The Bertz CT molecular complexity index is 652. The van der Waals surface area contributed by atoms with Crippen molar-refractivity contribution in [3.8, 4) is 0 Å². The van der Waals surface area contributed by atoms with Crippen LogP contribution in [0, 0.1) is 5.92 Å². The molecule has 0 bridgehead atoms. The summed E-state index contributed by atoms with van der Waals surface area (Å²) in [5, 5.41) is 3.55. The summed E-state index contributed by atoms with van der Waals surface area (Å²) < 4.78 is 5.50. The molecule has 0 saturated heterocycles. The van der Waals surface area contributed by atoms with Crippen LogP contribution in [0.4, 0.5) is 11.6 Å². The number of anilines is 2. The van der Waals surface area contributed by atoms with Gasteiger partial charge in [0.2, 0.25) is 5.95 Å². The minimum atomic E-state index is -0.199. The van der Waals surface area contributed by atoms with Gasteiger partial charge in [-0.05, 0) is 30.5 Å². The van der Waals surface area contributed by atoms with Crippen LogP contribution < -0.4 is 16.6 Å². The Hall–Kier alpha value is -2.08. The van der Waals surface area contributed by atoms with E-state index in [0.29, 0.717) is 41.6 Å². The minimum Gasteiger partial charge on any atom is -0.399 e. The maximum atomic E-state index is 11.9. The molecule has 0 fully saturated rings. The standard InChI is InChI=1S/C15H22N4O2/c1-10(2)5-7-21-8-6-17-15-18-13-4-3-11(16)9-12(13)14(20)19-15/h3-4,9-10H,5-8,16H2,1-2H3,(H2,17,18,19,20). The van der Waals surface area contributed by atoms with Gasteiger partial charge in [-0.25, -0.2) is 4.98 Å². The maximum Gasteiger partial charge on any atom is 0.260 e. The summed E-state index contributed by atoms with van der Waals surface area (Å²) in [6.07, 6.45) is 1.05. The van der Waals surface area contributed by atoms with Crippen LogP contribution in [0.2, 0.25) is 0 Å². The number of rotatable bonds is 7. The Balaban J connectivity index is 1.91. The molecule has 1 heterocycles. The summed E-state index contributed by atoms with van der Waals surface area (Å²) >= 11 is 0. The number of hydrogen-bond donors (Lipinski definition) is 3. The number of aromatic amines is 1. The van der Waals surface area contributed by atoms with Gasteiger partial charge in [-0.3, -0.25) is 9.78 Å². The highest BCUT2D eigenvalue weighted by atomic mass is 16.5. The van der Waals surface area contributed by atoms with E-state index in [2.05, 4.69) is 29.1 Å². The molecule has 0 atom stereocenters. The summed E-state index contributed by atoms with van der Waals surface area (Å²) in [5.74, 6) is 1.09. The number of ether oxygens (including phenoxy) is 1. The second-order valence-electron chi connectivity index (χ2n) is 5.41. The van der Waals surface area contributed by atoms with E-state index in [1.54, 1.807) is 18.2 Å². The molecule has 6 heteroatoms. The van der Waals surface area contributed by atoms with Crippen LogP contribution in [0.15, 0.2) is 23.0 Å². The Kier molecular flexibility index (Phi) is 5.16. The molecule has 1 aromatic carbocycles. The van der Waals surface area contributed by atoms with Gasteiger partial charge in [0, 0.05) is 18.8 Å². The highest BCUT2D eigenvalue weighted by Crippen LogP contribution is 2.12. The van der Waals surface area contributed by atoms with E-state index in [9.17, 15) is 4.79 Å². The molecule has 4 N–H and O–H groups in total. The zero-order valence-electron chi connectivity index (χ0n) is 12.5. The average molecular weight is 290 g/mol. The molecule has 114 valence electrons. The number of benzene rings is 1. The second-order valence-corrected chi connectivity index (χ2v) is 5.41. The lowest BCUT2D eigenvalue weighted by Crippen LogP contribution is -2.17. The molecule has 0 saturated carbocycles. The molecular formula is C15H22N4O2. The highest BCUT2D eigenvalue weighted by Gasteiger charge is 2.03. The molecule has 0 spiro atoms. The SMILES string of the molecule is CC(C)CCOCCNc1nc2ccc(N)cc2c(=O)[nH]1. The van der Waals surface area contributed by atoms with Crippen molar-refractivity contribution in [2.24, 2.45) is 5.92 Å². The smallest absolute Gasteiger partial charge is 0.260 e. The third-order valence-electron chi connectivity index (χ3n) is 3.11. The number of H-pyrrole nitrogens is 1. The molecule has 0 aliphatic carbocycles. The van der Waals surface area contributed by atoms with Gasteiger partial charge >= 0.3 is 0 Å². The molecule has 1 aromatic heterocycles. The lowest BCUT2D eigenvalue weighted by molar-refractivity contribution is 0.132. The predicted molar refractivity (Wildman–Crippen MR) is 85.5 cm³/mol. The minimum absolute atomic E-state index is 0.199. The molecule has 0 unspecified atom stereocenters. The zero-order valence-corrected chi connectivity index (χ0v) is 12.5. The van der Waals surface area contributed by atoms with Crippen LogP contribution in [0.25, 0.3) is 10.9 Å². The van der Waals surface area contributed by atoms with Gasteiger partial charge < -0.3 is 15.8 Å². The van der Waals surface area contributed by atoms with Crippen molar-refractivity contribution in [2.45, 2.75) is 20.3 Å². The monoisotopic (exact) mass is 290 g/mol. The first-order valence-corrected chi connectivity index (χ1v) is 7.17. The molecule has 6 nitrogen and oxygen atoms in total. The predicted octanol–water partition coefficient (Wildman–Crippen LogP) is 1.98. The third kappa shape index (κ3) is 4.46. The Morgan fingerprint density at radius 1 is 1.38 bits per heavy atom. The fourth-order valence-corrected chi connectivity index (χ4v) is 1.90. The molecule has 0 radical (unpaired) electrons. The Labute approximate surface area is 123 Å². The highest BCUT2D eigenvalue weighted by molar-refractivity contribution is 5.81. The molecular weight excluding hydrogens is 268 g/mol. The molecule has 0 amide bonds. The van der Waals surface area contributed by atoms with Gasteiger partial charge in [-0.2, -0.15) is 0 Å². The number of aromatic nitrogens is 2. The number of nitrogens with one attached hydrogen (secondary N) is 2. The van der Waals surface area contributed by atoms with Crippen molar-refractivity contribution >= 4 is 22.5 Å². The quantitative estimate of drug-likeness (QED) is 0.535. The largest absolute Gasteiger partial charge is 0.399 e. The van der Waals surface area contributed by atoms with E-state index in [4.69, 9.17) is 10.5 Å². The van der Waals surface area contributed by atoms with Gasteiger partial charge in [0.15, 0.2) is 0 Å². The van der Waals surface area contributed by atoms with Crippen LogP contribution in [-0.4, -0.2) is 29.7 Å². The summed E-state index contributed by atoms with van der Waals surface area (Å²) in [5.41, 5.74) is 6.64. The van der Waals surface area contributed by atoms with Crippen molar-refractivity contribution in [1.82, 2.24) is 9.97 Å². The Morgan fingerprint density at radius 3 is 2.95 bits per heavy atom. The number of nitrogens with zero attached hydrogens (tertiary/aromatic N) is 1. The molecule has 21 heavy (non-hydrogen) atoms. The van der Waals surface area contributed by atoms with Crippen molar-refractivity contribution in [3.63, 3.8) is 0 Å². The normalized spacial score (nSPS) is 11.2. The summed E-state index contributed by atoms with van der Waals surface area (Å²) in [4.78, 5) is 19.0. The third-order valence-corrected chi connectivity index (χ3v) is 3.11. The van der Waals surface area contributed by atoms with E-state index in [1.165, 1.54) is 0 Å². The first kappa shape index (κ1) is 15.3. The van der Waals surface area contributed by atoms with E-state index in [-0.39, 0.29) is 5.56 Å². The summed E-state index contributed by atoms with van der Waals surface area (Å²) in [7, 11) is 0. The van der Waals surface area contributed by atoms with Crippen LogP contribution in [0.5, 0.6) is 0 Å². The summed E-state index contributed by atoms with van der Waals surface area (Å²) in [6.45, 7) is 6.26. The van der Waals surface area contributed by atoms with Crippen LogP contribution >= 0.6 is 0 Å². The van der Waals surface area contributed by atoms with E-state index >= 15 is 0 Å². The van der Waals surface area contributed by atoms with Crippen molar-refractivity contribution in [3.05, 3.63) is 28.6 Å². The van der Waals surface area contributed by atoms with Crippen molar-refractivity contribution < 1.29 is 4.74 Å². The first-order chi connectivity index (χ1) is 10.1. The maximum absolute atomic E-state index is 11.9.